The Morgan fingerprint density at radius 3 is 2.26 bits per heavy atom. The van der Waals surface area contributed by atoms with Crippen molar-refractivity contribution >= 4 is 21.7 Å². The third-order valence-electron chi connectivity index (χ3n) is 4.57. The maximum atomic E-state index is 13.0. The molecule has 0 spiro atoms. The van der Waals surface area contributed by atoms with Crippen LogP contribution in [0.25, 0.3) is 11.1 Å². The third-order valence-corrected chi connectivity index (χ3v) is 5.92. The van der Waals surface area contributed by atoms with Gasteiger partial charge in [0.05, 0.1) is 7.11 Å². The zero-order valence-corrected chi connectivity index (χ0v) is 20.1. The molecule has 178 valence electrons. The molecule has 0 aliphatic heterocycles. The van der Waals surface area contributed by atoms with Crippen molar-refractivity contribution < 1.29 is 28.2 Å². The van der Waals surface area contributed by atoms with E-state index in [4.69, 9.17) is 15.0 Å². The number of sulfonamides is 1. The quantitative estimate of drug-likeness (QED) is 0.440. The fraction of sp³-hybridized carbons (Fsp3) is 0.208. The molecule has 0 bridgehead atoms. The van der Waals surface area contributed by atoms with E-state index in [1.807, 2.05) is 35.1 Å². The molecule has 9 nitrogen and oxygen atoms in total. The number of urea groups is 1. The summed E-state index contributed by atoms with van der Waals surface area (Å²) >= 11 is 0. The van der Waals surface area contributed by atoms with Crippen molar-refractivity contribution in [2.45, 2.75) is 31.2 Å². The Kier molecular flexibility index (Phi) is 7.21. The van der Waals surface area contributed by atoms with Crippen molar-refractivity contribution in [1.29, 1.82) is 0 Å². The SMILES string of the molecule is COc1ccc(-c2cccc(Oc3ccc(N=[NH2+])cc3S(=O)(=O)NC(=O)NC(C)(C)C)c2)cc1. The predicted molar refractivity (Wildman–Crippen MR) is 128 cm³/mol. The van der Waals surface area contributed by atoms with Crippen LogP contribution in [0, 0.1) is 0 Å². The number of hydrogen-bond acceptors (Lipinski definition) is 6. The molecule has 0 radical (unpaired) electrons. The molecule has 3 rings (SSSR count). The molecule has 0 saturated heterocycles. The number of carbonyl (C=O) groups excluding carboxylic acids is 1. The van der Waals surface area contributed by atoms with Gasteiger partial charge in [0.15, 0.2) is 0 Å². The molecule has 0 atom stereocenters. The van der Waals surface area contributed by atoms with E-state index in [9.17, 15) is 13.2 Å². The summed E-state index contributed by atoms with van der Waals surface area (Å²) in [7, 11) is -2.70. The summed E-state index contributed by atoms with van der Waals surface area (Å²) in [5.74, 6) is 1.15. The number of nitrogens with zero attached hydrogens (tertiary/aromatic N) is 1. The van der Waals surface area contributed by atoms with Crippen LogP contribution in [0.2, 0.25) is 0 Å². The lowest BCUT2D eigenvalue weighted by Gasteiger charge is -2.21. The average molecular weight is 484 g/mol. The number of amides is 2. The van der Waals surface area contributed by atoms with Gasteiger partial charge in [0.25, 0.3) is 10.0 Å². The van der Waals surface area contributed by atoms with Crippen LogP contribution in [0.1, 0.15) is 20.8 Å². The van der Waals surface area contributed by atoms with E-state index in [0.717, 1.165) is 16.9 Å². The van der Waals surface area contributed by atoms with Crippen LogP contribution < -0.4 is 25.0 Å². The normalized spacial score (nSPS) is 11.4. The van der Waals surface area contributed by atoms with Gasteiger partial charge in [-0.05, 0) is 79.5 Å². The topological polar surface area (TPSA) is 132 Å². The second kappa shape index (κ2) is 9.92. The molecular formula is C24H27N4O5S+. The molecule has 0 aliphatic rings. The minimum atomic E-state index is -4.30. The molecule has 0 fully saturated rings. The number of hydrogen-bond donors (Lipinski definition) is 3. The highest BCUT2D eigenvalue weighted by molar-refractivity contribution is 7.90. The Morgan fingerprint density at radius 2 is 1.65 bits per heavy atom. The largest absolute Gasteiger partial charge is 0.497 e. The van der Waals surface area contributed by atoms with Crippen molar-refractivity contribution in [3.8, 4) is 28.4 Å². The fourth-order valence-corrected chi connectivity index (χ4v) is 4.12. The molecule has 34 heavy (non-hydrogen) atoms. The maximum absolute atomic E-state index is 13.0. The summed E-state index contributed by atoms with van der Waals surface area (Å²) in [6.45, 7) is 5.20. The van der Waals surface area contributed by atoms with Gasteiger partial charge in [-0.3, -0.25) is 0 Å². The minimum Gasteiger partial charge on any atom is -0.497 e. The van der Waals surface area contributed by atoms with Crippen molar-refractivity contribution in [2.75, 3.05) is 7.11 Å². The lowest BCUT2D eigenvalue weighted by Crippen LogP contribution is -2.48. The first-order valence-corrected chi connectivity index (χ1v) is 11.8. The van der Waals surface area contributed by atoms with Crippen molar-refractivity contribution in [3.63, 3.8) is 0 Å². The standard InChI is InChI=1S/C24H26N4O5S/c1-24(2,3)26-23(29)28-34(30,31)22-15-18(27-25)10-13-21(22)33-20-7-5-6-17(14-20)16-8-11-19(32-4)12-9-16/h5-15,25H,1-4H3,(H2,26,28,29)/p+1. The Hall–Kier alpha value is -3.92. The van der Waals surface area contributed by atoms with Crippen molar-refractivity contribution in [2.24, 2.45) is 5.11 Å². The first kappa shape index (κ1) is 24.7. The number of rotatable bonds is 7. The summed E-state index contributed by atoms with van der Waals surface area (Å²) < 4.78 is 39.1. The smallest absolute Gasteiger partial charge is 0.329 e. The van der Waals surface area contributed by atoms with E-state index >= 15 is 0 Å². The van der Waals surface area contributed by atoms with Gasteiger partial charge in [-0.1, -0.05) is 24.3 Å². The van der Waals surface area contributed by atoms with E-state index < -0.39 is 21.6 Å². The van der Waals surface area contributed by atoms with E-state index in [1.54, 1.807) is 46.1 Å². The van der Waals surface area contributed by atoms with Gasteiger partial charge >= 0.3 is 6.03 Å². The summed E-state index contributed by atoms with van der Waals surface area (Å²) in [5.41, 5.74) is 6.70. The van der Waals surface area contributed by atoms with E-state index in [1.165, 1.54) is 18.2 Å². The Morgan fingerprint density at radius 1 is 0.941 bits per heavy atom. The Bertz CT molecular complexity index is 1300. The molecule has 0 heterocycles. The molecule has 0 aliphatic carbocycles. The van der Waals surface area contributed by atoms with E-state index in [0.29, 0.717) is 5.75 Å². The highest BCUT2D eigenvalue weighted by Crippen LogP contribution is 2.34. The van der Waals surface area contributed by atoms with Gasteiger partial charge in [-0.15, -0.1) is 0 Å². The van der Waals surface area contributed by atoms with Crippen molar-refractivity contribution in [1.82, 2.24) is 10.0 Å². The van der Waals surface area contributed by atoms with Gasteiger partial charge < -0.3 is 14.8 Å². The molecule has 3 aromatic carbocycles. The lowest BCUT2D eigenvalue weighted by atomic mass is 10.1. The Balaban J connectivity index is 1.93. The Labute approximate surface area is 198 Å². The summed E-state index contributed by atoms with van der Waals surface area (Å²) in [5, 5.41) is 6.09. The second-order valence-electron chi connectivity index (χ2n) is 8.43. The molecule has 2 amide bonds. The lowest BCUT2D eigenvalue weighted by molar-refractivity contribution is -0.210. The minimum absolute atomic E-state index is 0.00957. The van der Waals surface area contributed by atoms with Crippen LogP contribution >= 0.6 is 0 Å². The number of nitrogens with two attached hydrogens (primary N) is 1. The van der Waals surface area contributed by atoms with Gasteiger partial charge in [-0.25, -0.2) is 17.9 Å². The molecule has 0 saturated carbocycles. The first-order chi connectivity index (χ1) is 16.0. The molecule has 0 unspecified atom stereocenters. The molecule has 10 heteroatoms. The number of benzene rings is 3. The molecule has 3 aromatic rings. The van der Waals surface area contributed by atoms with Crippen LogP contribution in [0.15, 0.2) is 76.7 Å². The van der Waals surface area contributed by atoms with Crippen LogP contribution in [-0.4, -0.2) is 27.1 Å². The number of nitrogens with one attached hydrogen (secondary N) is 2. The van der Waals surface area contributed by atoms with Crippen LogP contribution in [0.4, 0.5) is 10.5 Å². The summed E-state index contributed by atoms with van der Waals surface area (Å²) in [6.07, 6.45) is 0. The summed E-state index contributed by atoms with van der Waals surface area (Å²) in [4.78, 5) is 11.9. The molecule has 0 aromatic heterocycles. The van der Waals surface area contributed by atoms with Gasteiger partial charge in [0.2, 0.25) is 0 Å². The highest BCUT2D eigenvalue weighted by Gasteiger charge is 2.25. The molecular weight excluding hydrogens is 456 g/mol. The second-order valence-corrected chi connectivity index (χ2v) is 10.1. The fourth-order valence-electron chi connectivity index (χ4n) is 3.06. The highest BCUT2D eigenvalue weighted by atomic mass is 32.2. The van der Waals surface area contributed by atoms with E-state index in [-0.39, 0.29) is 16.3 Å². The summed E-state index contributed by atoms with van der Waals surface area (Å²) in [6, 6.07) is 18.0. The van der Waals surface area contributed by atoms with Crippen LogP contribution in [-0.2, 0) is 10.0 Å². The van der Waals surface area contributed by atoms with Gasteiger partial charge in [-0.2, -0.15) is 5.53 Å². The van der Waals surface area contributed by atoms with E-state index in [2.05, 4.69) is 10.4 Å². The monoisotopic (exact) mass is 483 g/mol. The van der Waals surface area contributed by atoms with Gasteiger partial charge in [0.1, 0.15) is 27.8 Å². The van der Waals surface area contributed by atoms with Gasteiger partial charge in [0, 0.05) is 5.54 Å². The number of carbonyl (C=O) groups is 1. The number of methoxy groups -OCH3 is 1. The van der Waals surface area contributed by atoms with Crippen molar-refractivity contribution in [3.05, 3.63) is 66.7 Å². The predicted octanol–water partition coefficient (Wildman–Crippen LogP) is 3.78. The maximum Gasteiger partial charge on any atom is 0.329 e. The zero-order chi connectivity index (χ0) is 24.9. The van der Waals surface area contributed by atoms with Crippen LogP contribution in [0.3, 0.4) is 0 Å². The van der Waals surface area contributed by atoms with Crippen LogP contribution in [0.5, 0.6) is 17.2 Å². The molecule has 4 N–H and O–H groups in total. The number of ether oxygens (including phenoxy) is 2. The third kappa shape index (κ3) is 6.32. The average Bonchev–Trinajstić information content (AvgIpc) is 2.78. The first-order valence-electron chi connectivity index (χ1n) is 10.3. The zero-order valence-electron chi connectivity index (χ0n) is 19.3.